The van der Waals surface area contributed by atoms with Gasteiger partial charge in [-0.1, -0.05) is 36.2 Å². The summed E-state index contributed by atoms with van der Waals surface area (Å²) >= 11 is 3.14. The van der Waals surface area contributed by atoms with E-state index in [1.807, 2.05) is 0 Å². The maximum atomic E-state index is 14.3. The molecule has 1 N–H and O–H groups in total. The van der Waals surface area contributed by atoms with Crippen molar-refractivity contribution in [3.8, 4) is 0 Å². The Morgan fingerprint density at radius 2 is 1.68 bits per heavy atom. The Morgan fingerprint density at radius 1 is 1.18 bits per heavy atom. The van der Waals surface area contributed by atoms with Gasteiger partial charge >= 0.3 is 0 Å². The van der Waals surface area contributed by atoms with Crippen LogP contribution in [0.2, 0.25) is 0 Å². The lowest BCUT2D eigenvalue weighted by molar-refractivity contribution is 0.122. The van der Waals surface area contributed by atoms with E-state index in [4.69, 9.17) is 0 Å². The van der Waals surface area contributed by atoms with Crippen LogP contribution >= 0.6 is 40.7 Å². The lowest BCUT2D eigenvalue weighted by atomic mass is 9.90. The van der Waals surface area contributed by atoms with Crippen LogP contribution in [0.5, 0.6) is 0 Å². The van der Waals surface area contributed by atoms with Crippen LogP contribution in [0.15, 0.2) is 16.6 Å². The van der Waals surface area contributed by atoms with Crippen molar-refractivity contribution >= 4 is 40.7 Å². The first-order valence-corrected chi connectivity index (χ1v) is 7.93. The van der Waals surface area contributed by atoms with E-state index in [9.17, 15) is 8.78 Å². The van der Waals surface area contributed by atoms with Crippen molar-refractivity contribution in [3.63, 3.8) is 0 Å². The molecule has 1 aromatic rings. The second-order valence-corrected chi connectivity index (χ2v) is 6.32. The Balaban J connectivity index is 0.00000220. The molecule has 0 aliphatic carbocycles. The molecule has 0 radical (unpaired) electrons. The molecule has 1 aromatic carbocycles. The van der Waals surface area contributed by atoms with E-state index in [0.29, 0.717) is 4.47 Å². The molecule has 1 aliphatic rings. The highest BCUT2D eigenvalue weighted by Gasteiger charge is 2.31. The lowest BCUT2D eigenvalue weighted by Gasteiger charge is -2.38. The van der Waals surface area contributed by atoms with Crippen molar-refractivity contribution in [2.45, 2.75) is 26.3 Å². The summed E-state index contributed by atoms with van der Waals surface area (Å²) in [7, 11) is 0. The Labute approximate surface area is 152 Å². The molecular formula is C15H23BrCl2F2N2. The van der Waals surface area contributed by atoms with Gasteiger partial charge in [-0.3, -0.25) is 4.90 Å². The molecule has 0 aromatic heterocycles. The fourth-order valence-corrected chi connectivity index (χ4v) is 3.25. The first-order chi connectivity index (χ1) is 9.54. The van der Waals surface area contributed by atoms with Gasteiger partial charge in [-0.25, -0.2) is 8.78 Å². The molecule has 2 atom stereocenters. The third kappa shape index (κ3) is 5.03. The maximum absolute atomic E-state index is 14.3. The van der Waals surface area contributed by atoms with Crippen LogP contribution in [-0.4, -0.2) is 31.1 Å². The third-order valence-electron chi connectivity index (χ3n) is 4.07. The molecule has 1 fully saturated rings. The zero-order valence-electron chi connectivity index (χ0n) is 12.7. The van der Waals surface area contributed by atoms with E-state index in [2.05, 4.69) is 40.0 Å². The number of nitrogens with zero attached hydrogens (tertiary/aromatic N) is 1. The fraction of sp³-hybridized carbons (Fsp3) is 0.600. The molecule has 2 nitrogen and oxygen atoms in total. The van der Waals surface area contributed by atoms with E-state index >= 15 is 0 Å². The normalized spacial score (nSPS) is 18.0. The van der Waals surface area contributed by atoms with Crippen LogP contribution in [0.3, 0.4) is 0 Å². The summed E-state index contributed by atoms with van der Waals surface area (Å²) in [4.78, 5) is 2.19. The highest BCUT2D eigenvalue weighted by molar-refractivity contribution is 9.10. The predicted octanol–water partition coefficient (Wildman–Crippen LogP) is 4.56. The number of hydrogen-bond donors (Lipinski definition) is 1. The number of nitrogens with one attached hydrogen (secondary N) is 1. The average molecular weight is 420 g/mol. The van der Waals surface area contributed by atoms with Crippen LogP contribution in [0.25, 0.3) is 0 Å². The largest absolute Gasteiger partial charge is 0.314 e. The maximum Gasteiger partial charge on any atom is 0.132 e. The van der Waals surface area contributed by atoms with Crippen molar-refractivity contribution in [1.82, 2.24) is 10.2 Å². The second kappa shape index (κ2) is 10.0. The van der Waals surface area contributed by atoms with Gasteiger partial charge in [0.1, 0.15) is 11.6 Å². The SMILES string of the molecule is CCC(C)[C@@H](c1c(F)cc(Br)cc1F)N1CCNCC1.Cl.Cl. The summed E-state index contributed by atoms with van der Waals surface area (Å²) in [5.41, 5.74) is 0.212. The minimum atomic E-state index is -0.458. The Morgan fingerprint density at radius 3 is 2.14 bits per heavy atom. The molecule has 0 bridgehead atoms. The summed E-state index contributed by atoms with van der Waals surface area (Å²) in [6.07, 6.45) is 0.892. The average Bonchev–Trinajstić information content (AvgIpc) is 2.42. The van der Waals surface area contributed by atoms with E-state index in [0.717, 1.165) is 32.6 Å². The third-order valence-corrected chi connectivity index (χ3v) is 4.53. The molecule has 1 heterocycles. The minimum absolute atomic E-state index is 0. The first kappa shape index (κ1) is 22.1. The van der Waals surface area contributed by atoms with Crippen molar-refractivity contribution in [2.24, 2.45) is 5.92 Å². The van der Waals surface area contributed by atoms with Crippen molar-refractivity contribution in [2.75, 3.05) is 26.2 Å². The van der Waals surface area contributed by atoms with E-state index in [1.165, 1.54) is 12.1 Å². The second-order valence-electron chi connectivity index (χ2n) is 5.40. The van der Waals surface area contributed by atoms with E-state index in [-0.39, 0.29) is 42.3 Å². The first-order valence-electron chi connectivity index (χ1n) is 7.13. The van der Waals surface area contributed by atoms with Crippen molar-refractivity contribution in [1.29, 1.82) is 0 Å². The van der Waals surface area contributed by atoms with Crippen LogP contribution in [0.1, 0.15) is 31.9 Å². The van der Waals surface area contributed by atoms with Gasteiger partial charge in [0.05, 0.1) is 0 Å². The van der Waals surface area contributed by atoms with Crippen molar-refractivity contribution in [3.05, 3.63) is 33.8 Å². The number of rotatable bonds is 4. The molecule has 7 heteroatoms. The quantitative estimate of drug-likeness (QED) is 0.769. The number of halogens is 5. The summed E-state index contributed by atoms with van der Waals surface area (Å²) in [5, 5.41) is 3.28. The van der Waals surface area contributed by atoms with Crippen molar-refractivity contribution < 1.29 is 8.78 Å². The van der Waals surface area contributed by atoms with Crippen LogP contribution in [-0.2, 0) is 0 Å². The molecule has 1 unspecified atom stereocenters. The van der Waals surface area contributed by atoms with E-state index in [1.54, 1.807) is 0 Å². The molecular weight excluding hydrogens is 397 g/mol. The summed E-state index contributed by atoms with van der Waals surface area (Å²) in [5.74, 6) is -0.709. The zero-order valence-corrected chi connectivity index (χ0v) is 16.0. The standard InChI is InChI=1S/C15H21BrF2N2.2ClH/c1-3-10(2)15(20-6-4-19-5-7-20)14-12(17)8-11(16)9-13(14)18;;/h8-10,15,19H,3-7H2,1-2H3;2*1H/t10?,15-;;/m0../s1. The molecule has 0 spiro atoms. The zero-order chi connectivity index (χ0) is 14.7. The van der Waals surface area contributed by atoms with Gasteiger partial charge in [0.2, 0.25) is 0 Å². The molecule has 0 saturated carbocycles. The Hall–Kier alpha value is 0.0600. The minimum Gasteiger partial charge on any atom is -0.314 e. The monoisotopic (exact) mass is 418 g/mol. The summed E-state index contributed by atoms with van der Waals surface area (Å²) < 4.78 is 29.0. The molecule has 2 rings (SSSR count). The smallest absolute Gasteiger partial charge is 0.132 e. The van der Waals surface area contributed by atoms with Gasteiger partial charge < -0.3 is 5.32 Å². The number of hydrogen-bond acceptors (Lipinski definition) is 2. The summed E-state index contributed by atoms with van der Waals surface area (Å²) in [6.45, 7) is 7.51. The van der Waals surface area contributed by atoms with Crippen LogP contribution in [0, 0.1) is 17.6 Å². The predicted molar refractivity (Wildman–Crippen MR) is 95.2 cm³/mol. The Kier molecular flexibility index (Phi) is 10.1. The fourth-order valence-electron chi connectivity index (χ4n) is 2.85. The molecule has 1 saturated heterocycles. The van der Waals surface area contributed by atoms with Gasteiger partial charge in [-0.2, -0.15) is 0 Å². The molecule has 22 heavy (non-hydrogen) atoms. The van der Waals surface area contributed by atoms with Gasteiger partial charge in [0, 0.05) is 42.3 Å². The van der Waals surface area contributed by atoms with Gasteiger partial charge in [-0.05, 0) is 18.1 Å². The topological polar surface area (TPSA) is 15.3 Å². The van der Waals surface area contributed by atoms with Crippen LogP contribution in [0.4, 0.5) is 8.78 Å². The summed E-state index contributed by atoms with van der Waals surface area (Å²) in [6, 6.07) is 2.52. The lowest BCUT2D eigenvalue weighted by Crippen LogP contribution is -2.47. The van der Waals surface area contributed by atoms with Gasteiger partial charge in [0.25, 0.3) is 0 Å². The van der Waals surface area contributed by atoms with E-state index < -0.39 is 11.6 Å². The molecule has 128 valence electrons. The number of benzene rings is 1. The van der Waals surface area contributed by atoms with Crippen LogP contribution < -0.4 is 5.32 Å². The number of piperazine rings is 1. The highest BCUT2D eigenvalue weighted by Crippen LogP contribution is 2.35. The molecule has 0 amide bonds. The molecule has 1 aliphatic heterocycles. The Bertz CT molecular complexity index is 448. The highest BCUT2D eigenvalue weighted by atomic mass is 79.9. The van der Waals surface area contributed by atoms with Gasteiger partial charge in [0.15, 0.2) is 0 Å². The van der Waals surface area contributed by atoms with Gasteiger partial charge in [-0.15, -0.1) is 24.8 Å².